The van der Waals surface area contributed by atoms with Crippen LogP contribution in [0.5, 0.6) is 0 Å². The third-order valence-corrected chi connectivity index (χ3v) is 4.01. The summed E-state index contributed by atoms with van der Waals surface area (Å²) in [5.41, 5.74) is 2.69. The third kappa shape index (κ3) is 2.59. The van der Waals surface area contributed by atoms with E-state index in [1.807, 2.05) is 44.3 Å². The maximum atomic E-state index is 12.9. The predicted molar refractivity (Wildman–Crippen MR) is 92.3 cm³/mol. The van der Waals surface area contributed by atoms with Crippen molar-refractivity contribution in [1.82, 2.24) is 14.5 Å². The molecular formula is C18H19N3O2. The van der Waals surface area contributed by atoms with Crippen molar-refractivity contribution in [3.05, 3.63) is 74.4 Å². The average molecular weight is 309 g/mol. The number of rotatable bonds is 3. The number of nitrogens with one attached hydrogen (secondary N) is 1. The first-order valence-electron chi connectivity index (χ1n) is 7.49. The van der Waals surface area contributed by atoms with E-state index in [9.17, 15) is 9.59 Å². The molecule has 0 amide bonds. The van der Waals surface area contributed by atoms with E-state index in [1.54, 1.807) is 19.2 Å². The van der Waals surface area contributed by atoms with Crippen LogP contribution in [0.25, 0.3) is 16.6 Å². The fraction of sp³-hybridized carbons (Fsp3) is 0.222. The van der Waals surface area contributed by atoms with Crippen molar-refractivity contribution in [2.24, 2.45) is 7.05 Å². The first-order chi connectivity index (χ1) is 11.0. The largest absolute Gasteiger partial charge is 0.335 e. The molecule has 118 valence electrons. The lowest BCUT2D eigenvalue weighted by Gasteiger charge is -2.12. The summed E-state index contributed by atoms with van der Waals surface area (Å²) in [4.78, 5) is 25.5. The number of hydrogen-bond acceptors (Lipinski definition) is 3. The quantitative estimate of drug-likeness (QED) is 0.801. The topological polar surface area (TPSA) is 56.0 Å². The maximum absolute atomic E-state index is 12.9. The Kier molecular flexibility index (Phi) is 3.88. The highest BCUT2D eigenvalue weighted by molar-refractivity contribution is 5.79. The molecule has 0 bridgehead atoms. The first kappa shape index (κ1) is 15.2. The van der Waals surface area contributed by atoms with Crippen molar-refractivity contribution >= 4 is 10.9 Å². The Labute approximate surface area is 133 Å². The lowest BCUT2D eigenvalue weighted by Crippen LogP contribution is -2.37. The lowest BCUT2D eigenvalue weighted by atomic mass is 10.1. The molecule has 0 radical (unpaired) electrons. The molecule has 0 fully saturated rings. The van der Waals surface area contributed by atoms with Crippen molar-refractivity contribution < 1.29 is 0 Å². The molecule has 1 N–H and O–H groups in total. The average Bonchev–Trinajstić information content (AvgIpc) is 2.55. The zero-order chi connectivity index (χ0) is 16.6. The minimum atomic E-state index is -0.340. The maximum Gasteiger partial charge on any atom is 0.335 e. The summed E-state index contributed by atoms with van der Waals surface area (Å²) < 4.78 is 2.74. The van der Waals surface area contributed by atoms with Crippen molar-refractivity contribution in [3.63, 3.8) is 0 Å². The minimum absolute atomic E-state index is 0.287. The molecule has 0 atom stereocenters. The van der Waals surface area contributed by atoms with Crippen LogP contribution in [0.3, 0.4) is 0 Å². The molecule has 2 aromatic carbocycles. The number of aryl methyl sites for hydroxylation is 2. The first-order valence-corrected chi connectivity index (χ1v) is 7.49. The molecule has 23 heavy (non-hydrogen) atoms. The zero-order valence-electron chi connectivity index (χ0n) is 13.5. The molecule has 0 aliphatic heterocycles. The van der Waals surface area contributed by atoms with E-state index in [0.29, 0.717) is 23.1 Å². The van der Waals surface area contributed by atoms with Gasteiger partial charge < -0.3 is 5.32 Å². The molecule has 0 spiro atoms. The smallest absolute Gasteiger partial charge is 0.316 e. The number of benzene rings is 2. The Morgan fingerprint density at radius 1 is 1.04 bits per heavy atom. The van der Waals surface area contributed by atoms with Gasteiger partial charge in [-0.1, -0.05) is 23.8 Å². The molecule has 0 saturated carbocycles. The summed E-state index contributed by atoms with van der Waals surface area (Å²) in [6.07, 6.45) is 0. The van der Waals surface area contributed by atoms with Gasteiger partial charge in [-0.2, -0.15) is 0 Å². The Morgan fingerprint density at radius 3 is 2.39 bits per heavy atom. The van der Waals surface area contributed by atoms with Crippen molar-refractivity contribution in [3.8, 4) is 5.69 Å². The fourth-order valence-corrected chi connectivity index (χ4v) is 2.74. The standard InChI is InChI=1S/C18H19N3O2/c1-12-4-7-14(8-5-12)21-17(22)15-10-13(11-19-2)6-9-16(15)20(3)18(21)23/h4-10,19H,11H2,1-3H3. The highest BCUT2D eigenvalue weighted by Gasteiger charge is 2.12. The number of fused-ring (bicyclic) bond motifs is 1. The molecule has 3 aromatic rings. The Balaban J connectivity index is 2.36. The number of nitrogens with zero attached hydrogens (tertiary/aromatic N) is 2. The third-order valence-electron chi connectivity index (χ3n) is 4.01. The zero-order valence-corrected chi connectivity index (χ0v) is 13.5. The van der Waals surface area contributed by atoms with Crippen LogP contribution in [-0.2, 0) is 13.6 Å². The van der Waals surface area contributed by atoms with Crippen LogP contribution >= 0.6 is 0 Å². The Hall–Kier alpha value is -2.66. The van der Waals surface area contributed by atoms with Gasteiger partial charge in [0.05, 0.1) is 16.6 Å². The second kappa shape index (κ2) is 5.85. The number of hydrogen-bond donors (Lipinski definition) is 1. The predicted octanol–water partition coefficient (Wildman–Crippen LogP) is 1.72. The Bertz CT molecular complexity index is 982. The van der Waals surface area contributed by atoms with Gasteiger partial charge in [-0.25, -0.2) is 9.36 Å². The van der Waals surface area contributed by atoms with Gasteiger partial charge in [0, 0.05) is 13.6 Å². The van der Waals surface area contributed by atoms with Crippen molar-refractivity contribution in [2.45, 2.75) is 13.5 Å². The highest BCUT2D eigenvalue weighted by atomic mass is 16.2. The van der Waals surface area contributed by atoms with Crippen LogP contribution < -0.4 is 16.6 Å². The molecule has 1 aromatic heterocycles. The molecule has 3 rings (SSSR count). The molecule has 0 unspecified atom stereocenters. The fourth-order valence-electron chi connectivity index (χ4n) is 2.74. The molecule has 0 aliphatic rings. The van der Waals surface area contributed by atoms with Gasteiger partial charge in [0.2, 0.25) is 0 Å². The molecule has 0 saturated heterocycles. The molecule has 5 nitrogen and oxygen atoms in total. The molecule has 1 heterocycles. The van der Waals surface area contributed by atoms with Crippen LogP contribution in [0.15, 0.2) is 52.1 Å². The minimum Gasteiger partial charge on any atom is -0.316 e. The van der Waals surface area contributed by atoms with E-state index in [4.69, 9.17) is 0 Å². The molecule has 5 heteroatoms. The normalized spacial score (nSPS) is 11.1. The number of aromatic nitrogens is 2. The van der Waals surface area contributed by atoms with Crippen LogP contribution in [0.4, 0.5) is 0 Å². The summed E-state index contributed by atoms with van der Waals surface area (Å²) in [6.45, 7) is 2.64. The van der Waals surface area contributed by atoms with E-state index in [-0.39, 0.29) is 11.2 Å². The summed E-state index contributed by atoms with van der Waals surface area (Å²) in [7, 11) is 3.54. The Morgan fingerprint density at radius 2 is 1.74 bits per heavy atom. The van der Waals surface area contributed by atoms with Gasteiger partial charge >= 0.3 is 5.69 Å². The summed E-state index contributed by atoms with van der Waals surface area (Å²) in [5.74, 6) is 0. The SMILES string of the molecule is CNCc1ccc2c(c1)c(=O)n(-c1ccc(C)cc1)c(=O)n2C. The monoisotopic (exact) mass is 309 g/mol. The van der Waals surface area contributed by atoms with E-state index in [1.165, 1.54) is 9.13 Å². The van der Waals surface area contributed by atoms with Gasteiger partial charge in [-0.3, -0.25) is 9.36 Å². The van der Waals surface area contributed by atoms with Crippen LogP contribution in [0, 0.1) is 6.92 Å². The van der Waals surface area contributed by atoms with E-state index < -0.39 is 0 Å². The second-order valence-corrected chi connectivity index (χ2v) is 5.70. The van der Waals surface area contributed by atoms with E-state index in [2.05, 4.69) is 5.32 Å². The van der Waals surface area contributed by atoms with Crippen molar-refractivity contribution in [2.75, 3.05) is 7.05 Å². The molecular weight excluding hydrogens is 290 g/mol. The second-order valence-electron chi connectivity index (χ2n) is 5.70. The highest BCUT2D eigenvalue weighted by Crippen LogP contribution is 2.12. The van der Waals surface area contributed by atoms with Crippen LogP contribution in [-0.4, -0.2) is 16.2 Å². The van der Waals surface area contributed by atoms with E-state index in [0.717, 1.165) is 11.1 Å². The van der Waals surface area contributed by atoms with Crippen LogP contribution in [0.1, 0.15) is 11.1 Å². The van der Waals surface area contributed by atoms with Gasteiger partial charge in [0.1, 0.15) is 0 Å². The van der Waals surface area contributed by atoms with Crippen molar-refractivity contribution in [1.29, 1.82) is 0 Å². The summed E-state index contributed by atoms with van der Waals surface area (Å²) >= 11 is 0. The van der Waals surface area contributed by atoms with Crippen LogP contribution in [0.2, 0.25) is 0 Å². The summed E-state index contributed by atoms with van der Waals surface area (Å²) in [6, 6.07) is 13.0. The van der Waals surface area contributed by atoms with E-state index >= 15 is 0 Å². The van der Waals surface area contributed by atoms with Gasteiger partial charge in [-0.05, 0) is 43.8 Å². The van der Waals surface area contributed by atoms with Gasteiger partial charge in [-0.15, -0.1) is 0 Å². The molecule has 0 aliphatic carbocycles. The van der Waals surface area contributed by atoms with Gasteiger partial charge in [0.25, 0.3) is 5.56 Å². The van der Waals surface area contributed by atoms with Gasteiger partial charge in [0.15, 0.2) is 0 Å². The summed E-state index contributed by atoms with van der Waals surface area (Å²) in [5, 5.41) is 3.61. The lowest BCUT2D eigenvalue weighted by molar-refractivity contribution is 0.771.